The Balaban J connectivity index is 1.37. The predicted octanol–water partition coefficient (Wildman–Crippen LogP) is 2.52. The number of nitrogens with zero attached hydrogens (tertiary/aromatic N) is 2. The highest BCUT2D eigenvalue weighted by Crippen LogP contribution is 2.35. The number of aryl methyl sites for hydroxylation is 1. The van der Waals surface area contributed by atoms with E-state index in [1.54, 1.807) is 6.07 Å². The molecule has 1 aromatic carbocycles. The van der Waals surface area contributed by atoms with E-state index in [0.29, 0.717) is 17.1 Å². The first-order chi connectivity index (χ1) is 12.2. The van der Waals surface area contributed by atoms with Gasteiger partial charge in [-0.3, -0.25) is 4.79 Å². The van der Waals surface area contributed by atoms with Gasteiger partial charge in [0.25, 0.3) is 5.91 Å². The Morgan fingerprint density at radius 3 is 2.76 bits per heavy atom. The lowest BCUT2D eigenvalue weighted by atomic mass is 10.0. The molecule has 0 atom stereocenters. The fourth-order valence-electron chi connectivity index (χ4n) is 3.33. The number of fused-ring (bicyclic) bond motifs is 1. The van der Waals surface area contributed by atoms with Crippen molar-refractivity contribution in [2.75, 3.05) is 24.8 Å². The predicted molar refractivity (Wildman–Crippen MR) is 94.2 cm³/mol. The van der Waals surface area contributed by atoms with Crippen molar-refractivity contribution < 1.29 is 14.3 Å². The van der Waals surface area contributed by atoms with E-state index in [9.17, 15) is 4.79 Å². The van der Waals surface area contributed by atoms with Gasteiger partial charge in [-0.05, 0) is 44.0 Å². The zero-order valence-electron chi connectivity index (χ0n) is 14.2. The molecule has 1 aromatic heterocycles. The molecule has 0 aliphatic carbocycles. The van der Waals surface area contributed by atoms with Gasteiger partial charge in [0, 0.05) is 24.8 Å². The van der Waals surface area contributed by atoms with Crippen molar-refractivity contribution in [2.45, 2.75) is 25.8 Å². The Morgan fingerprint density at radius 2 is 1.96 bits per heavy atom. The molecule has 6 nitrogen and oxygen atoms in total. The fraction of sp³-hybridized carbons (Fsp3) is 0.368. The lowest BCUT2D eigenvalue weighted by molar-refractivity contribution is 0.0926. The number of rotatable bonds is 3. The fourth-order valence-corrected chi connectivity index (χ4v) is 3.33. The zero-order valence-corrected chi connectivity index (χ0v) is 14.2. The zero-order chi connectivity index (χ0) is 17.2. The van der Waals surface area contributed by atoms with Crippen molar-refractivity contribution in [1.82, 2.24) is 10.3 Å². The summed E-state index contributed by atoms with van der Waals surface area (Å²) in [5, 5.41) is 3.13. The molecular weight excluding hydrogens is 318 g/mol. The van der Waals surface area contributed by atoms with E-state index in [1.165, 1.54) is 0 Å². The Hall–Kier alpha value is -2.76. The molecule has 1 fully saturated rings. The lowest BCUT2D eigenvalue weighted by Gasteiger charge is -2.33. The molecule has 130 valence electrons. The Labute approximate surface area is 146 Å². The maximum absolute atomic E-state index is 12.6. The van der Waals surface area contributed by atoms with Crippen LogP contribution in [0.4, 0.5) is 5.82 Å². The summed E-state index contributed by atoms with van der Waals surface area (Å²) in [5.74, 6) is 2.08. The van der Waals surface area contributed by atoms with E-state index in [4.69, 9.17) is 9.47 Å². The van der Waals surface area contributed by atoms with E-state index < -0.39 is 0 Å². The summed E-state index contributed by atoms with van der Waals surface area (Å²) in [6.07, 6.45) is 1.79. The van der Waals surface area contributed by atoms with Gasteiger partial charge in [0.2, 0.25) is 6.79 Å². The third-order valence-electron chi connectivity index (χ3n) is 4.67. The van der Waals surface area contributed by atoms with Crippen molar-refractivity contribution in [3.8, 4) is 11.5 Å². The molecule has 0 saturated carbocycles. The monoisotopic (exact) mass is 339 g/mol. The summed E-state index contributed by atoms with van der Waals surface area (Å²) in [4.78, 5) is 19.4. The van der Waals surface area contributed by atoms with Gasteiger partial charge in [-0.15, -0.1) is 0 Å². The molecule has 1 N–H and O–H groups in total. The van der Waals surface area contributed by atoms with Crippen LogP contribution >= 0.6 is 0 Å². The first kappa shape index (κ1) is 15.7. The van der Waals surface area contributed by atoms with Gasteiger partial charge in [-0.2, -0.15) is 0 Å². The Morgan fingerprint density at radius 1 is 1.16 bits per heavy atom. The number of ether oxygens (including phenoxy) is 2. The first-order valence-corrected chi connectivity index (χ1v) is 8.59. The third-order valence-corrected chi connectivity index (χ3v) is 4.67. The number of hydrogen-bond acceptors (Lipinski definition) is 5. The molecule has 0 unspecified atom stereocenters. The summed E-state index contributed by atoms with van der Waals surface area (Å²) >= 11 is 0. The van der Waals surface area contributed by atoms with Gasteiger partial charge >= 0.3 is 0 Å². The van der Waals surface area contributed by atoms with Crippen LogP contribution < -0.4 is 19.7 Å². The molecule has 0 radical (unpaired) electrons. The summed E-state index contributed by atoms with van der Waals surface area (Å²) in [6.45, 7) is 3.93. The summed E-state index contributed by atoms with van der Waals surface area (Å²) in [7, 11) is 0. The number of pyridine rings is 1. The molecule has 6 heteroatoms. The largest absolute Gasteiger partial charge is 0.454 e. The second-order valence-corrected chi connectivity index (χ2v) is 6.41. The topological polar surface area (TPSA) is 63.7 Å². The Bertz CT molecular complexity index is 785. The molecule has 2 aromatic rings. The number of anilines is 1. The number of carbonyl (C=O) groups is 1. The number of piperidine rings is 1. The number of hydrogen-bond donors (Lipinski definition) is 1. The van der Waals surface area contributed by atoms with Crippen LogP contribution in [-0.4, -0.2) is 36.8 Å². The molecule has 0 bridgehead atoms. The van der Waals surface area contributed by atoms with Gasteiger partial charge in [0.05, 0.1) is 5.56 Å². The average Bonchev–Trinajstić information content (AvgIpc) is 3.11. The summed E-state index contributed by atoms with van der Waals surface area (Å²) < 4.78 is 10.8. The van der Waals surface area contributed by atoms with Crippen LogP contribution in [0.5, 0.6) is 11.5 Å². The van der Waals surface area contributed by atoms with Crippen LogP contribution in [-0.2, 0) is 0 Å². The van der Waals surface area contributed by atoms with E-state index in [0.717, 1.165) is 37.4 Å². The quantitative estimate of drug-likeness (QED) is 0.931. The lowest BCUT2D eigenvalue weighted by Crippen LogP contribution is -2.45. The minimum absolute atomic E-state index is 0.102. The second-order valence-electron chi connectivity index (χ2n) is 6.41. The van der Waals surface area contributed by atoms with Gasteiger partial charge in [-0.25, -0.2) is 4.98 Å². The van der Waals surface area contributed by atoms with Crippen molar-refractivity contribution >= 4 is 11.7 Å². The first-order valence-electron chi connectivity index (χ1n) is 8.59. The highest BCUT2D eigenvalue weighted by molar-refractivity contribution is 5.98. The molecule has 2 aliphatic heterocycles. The molecule has 0 spiro atoms. The number of aromatic nitrogens is 1. The molecule has 4 rings (SSSR count). The SMILES string of the molecule is Cc1cccc(N2CCC(NC(=O)c3cccc4c3OCO4)CC2)n1. The minimum atomic E-state index is -0.102. The van der Waals surface area contributed by atoms with Gasteiger partial charge < -0.3 is 19.7 Å². The number of nitrogens with one attached hydrogen (secondary N) is 1. The van der Waals surface area contributed by atoms with Crippen LogP contribution in [0.2, 0.25) is 0 Å². The van der Waals surface area contributed by atoms with Crippen LogP contribution in [0.25, 0.3) is 0 Å². The number of para-hydroxylation sites is 1. The number of carbonyl (C=O) groups excluding carboxylic acids is 1. The molecular formula is C19H21N3O3. The number of amides is 1. The van der Waals surface area contributed by atoms with Crippen LogP contribution in [0.3, 0.4) is 0 Å². The molecule has 2 aliphatic rings. The van der Waals surface area contributed by atoms with E-state index >= 15 is 0 Å². The summed E-state index contributed by atoms with van der Waals surface area (Å²) in [6, 6.07) is 11.6. The molecule has 1 saturated heterocycles. The maximum Gasteiger partial charge on any atom is 0.255 e. The van der Waals surface area contributed by atoms with E-state index in [2.05, 4.69) is 15.2 Å². The highest BCUT2D eigenvalue weighted by Gasteiger charge is 2.25. The van der Waals surface area contributed by atoms with Crippen LogP contribution in [0.1, 0.15) is 28.9 Å². The van der Waals surface area contributed by atoms with Gasteiger partial charge in [0.1, 0.15) is 5.82 Å². The molecule has 3 heterocycles. The number of benzene rings is 1. The highest BCUT2D eigenvalue weighted by atomic mass is 16.7. The Kier molecular flexibility index (Phi) is 4.17. The van der Waals surface area contributed by atoms with Gasteiger partial charge in [-0.1, -0.05) is 12.1 Å². The second kappa shape index (κ2) is 6.63. The van der Waals surface area contributed by atoms with Gasteiger partial charge in [0.15, 0.2) is 11.5 Å². The normalized spacial score (nSPS) is 16.8. The van der Waals surface area contributed by atoms with Crippen LogP contribution in [0, 0.1) is 6.92 Å². The summed E-state index contributed by atoms with van der Waals surface area (Å²) in [5.41, 5.74) is 1.56. The van der Waals surface area contributed by atoms with Crippen molar-refractivity contribution in [1.29, 1.82) is 0 Å². The standard InChI is InChI=1S/C19H21N3O3/c1-13-4-2-7-17(20-13)22-10-8-14(9-11-22)21-19(23)15-5-3-6-16-18(15)25-12-24-16/h2-7,14H,8-12H2,1H3,(H,21,23). The van der Waals surface area contributed by atoms with Crippen LogP contribution in [0.15, 0.2) is 36.4 Å². The van der Waals surface area contributed by atoms with E-state index in [-0.39, 0.29) is 18.7 Å². The van der Waals surface area contributed by atoms with Crippen molar-refractivity contribution in [2.24, 2.45) is 0 Å². The smallest absolute Gasteiger partial charge is 0.255 e. The third kappa shape index (κ3) is 3.24. The molecule has 1 amide bonds. The van der Waals surface area contributed by atoms with Crippen molar-refractivity contribution in [3.05, 3.63) is 47.7 Å². The van der Waals surface area contributed by atoms with E-state index in [1.807, 2.05) is 37.3 Å². The average molecular weight is 339 g/mol. The van der Waals surface area contributed by atoms with Crippen molar-refractivity contribution in [3.63, 3.8) is 0 Å². The minimum Gasteiger partial charge on any atom is -0.454 e. The maximum atomic E-state index is 12.6. The molecule has 25 heavy (non-hydrogen) atoms.